The normalized spacial score (nSPS) is 26.9. The molecule has 5 aromatic carbocycles. The Hall–Kier alpha value is -9.96. The number of aromatic amines is 1. The lowest BCUT2D eigenvalue weighted by Crippen LogP contribution is -2.65. The van der Waals surface area contributed by atoms with Crippen LogP contribution in [0, 0.1) is 18.8 Å². The van der Waals surface area contributed by atoms with Gasteiger partial charge >= 0.3 is 5.97 Å². The number of thioether (sulfide) groups is 1. The van der Waals surface area contributed by atoms with Crippen molar-refractivity contribution in [3.63, 3.8) is 0 Å². The summed E-state index contributed by atoms with van der Waals surface area (Å²) in [5, 5.41) is 132. The number of hydrogen-bond donors (Lipinski definition) is 18. The number of primary amides is 1. The molecule has 19 N–H and O–H groups in total. The highest BCUT2D eigenvalue weighted by Gasteiger charge is 2.52. The zero-order valence-electron chi connectivity index (χ0n) is 65.4. The average molecular weight is 1700 g/mol. The van der Waals surface area contributed by atoms with E-state index < -0.39 is 230 Å². The molecule has 118 heavy (non-hydrogen) atoms. The fourth-order valence-electron chi connectivity index (χ4n) is 14.9. The number of nitrogens with one attached hydrogen (secondary N) is 8. The number of halogens is 2. The zero-order chi connectivity index (χ0) is 85.5. The highest BCUT2D eigenvalue weighted by atomic mass is 35.5. The van der Waals surface area contributed by atoms with Gasteiger partial charge in [0.2, 0.25) is 53.4 Å². The summed E-state index contributed by atoms with van der Waals surface area (Å²) in [4.78, 5) is 134. The molecule has 2 fully saturated rings. The van der Waals surface area contributed by atoms with E-state index in [4.69, 9.17) is 57.4 Å². The molecule has 10 unspecified atom stereocenters. The number of phenolic OH excluding ortho intramolecular Hbond substituents is 3. The van der Waals surface area contributed by atoms with Crippen LogP contribution in [0.2, 0.25) is 10.0 Å². The number of rotatable bonds is 24. The number of ether oxygens (including phenoxy) is 6. The van der Waals surface area contributed by atoms with E-state index in [1.165, 1.54) is 25.1 Å². The number of nitrogens with zero attached hydrogens (tertiary/aromatic N) is 2. The van der Waals surface area contributed by atoms with E-state index in [1.807, 2.05) is 13.8 Å². The van der Waals surface area contributed by atoms with Crippen molar-refractivity contribution in [2.75, 3.05) is 12.3 Å². The van der Waals surface area contributed by atoms with Crippen LogP contribution in [-0.4, -0.2) is 194 Å². The predicted octanol–water partition coefficient (Wildman–Crippen LogP) is 5.51. The first-order chi connectivity index (χ1) is 56.0. The molecule has 35 nitrogen and oxygen atoms in total. The molecule has 7 aliphatic heterocycles. The van der Waals surface area contributed by atoms with Crippen LogP contribution in [-0.2, 0) is 52.6 Å². The van der Waals surface area contributed by atoms with Gasteiger partial charge in [-0.05, 0) is 123 Å². The number of fused-ring (bicyclic) bond motifs is 15. The Morgan fingerprint density at radius 1 is 0.695 bits per heavy atom. The molecule has 7 amide bonds. The molecule has 38 heteroatoms. The van der Waals surface area contributed by atoms with Crippen LogP contribution >= 0.6 is 35.0 Å². The van der Waals surface area contributed by atoms with Crippen molar-refractivity contribution in [3.8, 4) is 57.1 Å². The highest BCUT2D eigenvalue weighted by Crippen LogP contribution is 2.50. The standard InChI is InChI=1S/C80H97Cl2N11O24S/c1-8-9-10-11-12-13-14-15-22-84-80(7)32-56(112-37(6)69(80)102)116-68-66(101)65(100)54(33-118-79-91-71(104)36(5)92-93-79)115-78(68)117-67-52-27-41-28-53(67)114-51-21-18-40(26-46(51)82)64(99)62-76(109)88-60(77(110)111)44-29-42(94)30-49(96)57(44)43-24-38(16-19-48(43)95)58(73(106)90-62)87-74(107)59(41)86-72(105)47(31-55(83)97)85-75(108)61(89-70(103)35(4)23-34(2)3)63(98)39-17-20-50(113-52)45(81)25-39/h16-21,24-30,34-35,37,47,54,56,58-66,68-69,78,84,94-96,98-102H,8-15,22-23,31-33H2,1-7H3,(H2,83,97)(H,85,108)(H,86,105)(H,87,107)(H,88,109)(H,89,103)(H,90,106)(H,110,111)(H,91,93,104)/t35-,37?,47-,54?,56?,58?,59+,60+,61+,62-,63+,64+,65?,66?,68?,69?,78?,80?/m0/s1. The largest absolute Gasteiger partial charge is 0.508 e. The van der Waals surface area contributed by atoms with E-state index in [-0.39, 0.29) is 68.6 Å². The van der Waals surface area contributed by atoms with Crippen molar-refractivity contribution in [2.45, 2.75) is 227 Å². The van der Waals surface area contributed by atoms with Gasteiger partial charge in [-0.1, -0.05) is 126 Å². The smallest absolute Gasteiger partial charge is 0.330 e. The minimum Gasteiger partial charge on any atom is -0.508 e. The van der Waals surface area contributed by atoms with E-state index in [9.17, 15) is 69.9 Å². The summed E-state index contributed by atoms with van der Waals surface area (Å²) in [6, 6.07) is 0.600. The second-order valence-electron chi connectivity index (χ2n) is 30.8. The Morgan fingerprint density at radius 2 is 1.31 bits per heavy atom. The van der Waals surface area contributed by atoms with Crippen LogP contribution in [0.15, 0.2) is 88.8 Å². The lowest BCUT2D eigenvalue weighted by Gasteiger charge is -2.48. The predicted molar refractivity (Wildman–Crippen MR) is 423 cm³/mol. The van der Waals surface area contributed by atoms with Gasteiger partial charge in [0.15, 0.2) is 35.1 Å². The maximum Gasteiger partial charge on any atom is 0.330 e. The number of carbonyl (C=O) groups is 8. The number of aromatic hydroxyl groups is 3. The van der Waals surface area contributed by atoms with E-state index in [1.54, 1.807) is 20.8 Å². The van der Waals surface area contributed by atoms with Crippen LogP contribution in [0.4, 0.5) is 0 Å². The van der Waals surface area contributed by atoms with Gasteiger partial charge in [-0.3, -0.25) is 43.3 Å². The van der Waals surface area contributed by atoms with Gasteiger partial charge in [0.25, 0.3) is 5.56 Å². The Labute approximate surface area is 691 Å². The number of aliphatic hydroxyl groups is 5. The first kappa shape index (κ1) is 88.8. The molecule has 0 radical (unpaired) electrons. The summed E-state index contributed by atoms with van der Waals surface area (Å²) in [5.41, 5.74) is 1.32. The van der Waals surface area contributed by atoms with Crippen molar-refractivity contribution in [3.05, 3.63) is 133 Å². The minimum atomic E-state index is -2.36. The number of amides is 7. The number of aryl methyl sites for hydroxylation is 1. The number of aliphatic hydroxyl groups excluding tert-OH is 5. The third kappa shape index (κ3) is 20.6. The van der Waals surface area contributed by atoms with Crippen LogP contribution in [0.1, 0.15) is 176 Å². The molecule has 6 aromatic rings. The number of nitrogens with two attached hydrogens (primary N) is 1. The number of H-pyrrole nitrogens is 1. The number of aliphatic carboxylic acids is 1. The molecule has 0 spiro atoms. The molecule has 18 atom stereocenters. The van der Waals surface area contributed by atoms with Crippen LogP contribution < -0.4 is 62.7 Å². The molecule has 0 aliphatic carbocycles. The monoisotopic (exact) mass is 1700 g/mol. The molecule has 7 aliphatic rings. The topological polar surface area (TPSA) is 543 Å². The first-order valence-electron chi connectivity index (χ1n) is 38.7. The molecule has 13 rings (SSSR count). The summed E-state index contributed by atoms with van der Waals surface area (Å²) in [6.07, 6.45) is -9.66. The fraction of sp³-hybridized carbons (Fsp3) is 0.487. The number of carboxylic acids is 1. The summed E-state index contributed by atoms with van der Waals surface area (Å²) in [5.74, 6) is -16.8. The highest BCUT2D eigenvalue weighted by molar-refractivity contribution is 7.99. The molecular formula is C80H97Cl2N11O24S. The van der Waals surface area contributed by atoms with Crippen molar-refractivity contribution >= 4 is 82.3 Å². The van der Waals surface area contributed by atoms with E-state index in [0.717, 1.165) is 124 Å². The maximum atomic E-state index is 16.3. The van der Waals surface area contributed by atoms with Gasteiger partial charge in [0.05, 0.1) is 34.8 Å². The Balaban J connectivity index is 1.13. The zero-order valence-corrected chi connectivity index (χ0v) is 67.7. The number of aromatic nitrogens is 3. The number of carbonyl (C=O) groups excluding carboxylic acids is 7. The fourth-order valence-corrected chi connectivity index (χ4v) is 16.2. The Kier molecular flexibility index (Phi) is 28.9. The van der Waals surface area contributed by atoms with Gasteiger partial charge in [-0.15, -0.1) is 10.2 Å². The van der Waals surface area contributed by atoms with Gasteiger partial charge in [-0.25, -0.2) is 4.79 Å². The quantitative estimate of drug-likeness (QED) is 0.0262. The third-order valence-corrected chi connectivity index (χ3v) is 22.8. The van der Waals surface area contributed by atoms with Crippen molar-refractivity contribution in [1.29, 1.82) is 0 Å². The molecule has 2 saturated heterocycles. The summed E-state index contributed by atoms with van der Waals surface area (Å²) >= 11 is 15.2. The number of hydrogen-bond acceptors (Lipinski definition) is 27. The van der Waals surface area contributed by atoms with Crippen molar-refractivity contribution in [2.24, 2.45) is 17.6 Å². The minimum absolute atomic E-state index is 0.0306. The van der Waals surface area contributed by atoms with E-state index >= 15 is 19.2 Å². The van der Waals surface area contributed by atoms with Crippen molar-refractivity contribution in [1.82, 2.24) is 52.4 Å². The SMILES string of the molecule is CCCCCCCCCCNC1(C)CC(OC2C(Oc3c4cc5cc3Oc3ccc(cc3Cl)[C@@H](O)[C@@H](NC(=O)[C@@H](C)CC(C)C)C(=O)N[C@@H](CC(N)=O)C(=O)N[C@H]5C(=O)NC3C(=O)N[C@H](C(=O)N[C@@H](C(=O)O)c5cc(O)cc(O)c5-c5cc3ccc5O)[C@H](O)c3ccc(c(Cl)c3)O4)OC(CSc3nnc(C)c(=O)[nH]3)C(O)C2O)OC(C)C1O. The molecule has 8 heterocycles. The molecule has 1 aromatic heterocycles. The second-order valence-corrected chi connectivity index (χ2v) is 32.6. The molecular weight excluding hydrogens is 1600 g/mol. The van der Waals surface area contributed by atoms with E-state index in [0.29, 0.717) is 6.54 Å². The van der Waals surface area contributed by atoms with Gasteiger partial charge < -0.3 is 117 Å². The number of benzene rings is 5. The number of unbranched alkanes of at least 4 members (excludes halogenated alkanes) is 7. The maximum absolute atomic E-state index is 16.3. The lowest BCUT2D eigenvalue weighted by molar-refractivity contribution is -0.330. The summed E-state index contributed by atoms with van der Waals surface area (Å²) < 4.78 is 40.4. The molecule has 11 bridgehead atoms. The van der Waals surface area contributed by atoms with Crippen LogP contribution in [0.3, 0.4) is 0 Å². The molecule has 636 valence electrons. The molecule has 0 saturated carbocycles. The summed E-state index contributed by atoms with van der Waals surface area (Å²) in [6.45, 7) is 12.7. The Morgan fingerprint density at radius 3 is 1.94 bits per heavy atom. The van der Waals surface area contributed by atoms with E-state index in [2.05, 4.69) is 59.3 Å². The lowest BCUT2D eigenvalue weighted by atomic mass is 9.85. The number of phenols is 3. The summed E-state index contributed by atoms with van der Waals surface area (Å²) in [7, 11) is 0. The Bertz CT molecular complexity index is 4820. The van der Waals surface area contributed by atoms with Gasteiger partial charge in [-0.2, -0.15) is 0 Å². The third-order valence-electron chi connectivity index (χ3n) is 21.2. The average Bonchev–Trinajstić information content (AvgIpc) is 0.766. The van der Waals surface area contributed by atoms with Crippen LogP contribution in [0.25, 0.3) is 11.1 Å². The van der Waals surface area contributed by atoms with Crippen LogP contribution in [0.5, 0.6) is 46.0 Å². The number of carboxylic acid groups (broad SMARTS) is 1. The van der Waals surface area contributed by atoms with Crippen molar-refractivity contribution < 1.29 is 113 Å². The second kappa shape index (κ2) is 38.4. The van der Waals surface area contributed by atoms with Gasteiger partial charge in [0, 0.05) is 46.4 Å². The van der Waals surface area contributed by atoms with Gasteiger partial charge in [0.1, 0.15) is 89.1 Å². The first-order valence-corrected chi connectivity index (χ1v) is 40.5.